The fourth-order valence-corrected chi connectivity index (χ4v) is 16.6. The molecule has 84 heavy (non-hydrogen) atoms. The molecule has 6 N–H and O–H groups in total. The van der Waals surface area contributed by atoms with E-state index in [9.17, 15) is 30.3 Å². The Balaban J connectivity index is 1.03. The lowest BCUT2D eigenvalue weighted by Gasteiger charge is -2.64. The lowest BCUT2D eigenvalue weighted by molar-refractivity contribution is -0.179. The fourth-order valence-electron chi connectivity index (χ4n) is 16.6. The van der Waals surface area contributed by atoms with Crippen molar-refractivity contribution in [3.63, 3.8) is 0 Å². The number of phenolic OH excluding ortho intramolecular Hbond substituents is 3. The molecule has 3 saturated carbocycles. The maximum absolute atomic E-state index is 16.6. The van der Waals surface area contributed by atoms with Gasteiger partial charge in [0.05, 0.1) is 31.8 Å². The number of aromatic hydroxyl groups is 3. The Labute approximate surface area is 492 Å². The van der Waals surface area contributed by atoms with E-state index in [1.54, 1.807) is 24.3 Å². The van der Waals surface area contributed by atoms with Crippen LogP contribution >= 0.6 is 0 Å². The summed E-state index contributed by atoms with van der Waals surface area (Å²) in [5.74, 6) is -2.23. The number of hydrogen-bond donors (Lipinski definition) is 6. The molecule has 0 saturated heterocycles. The second-order valence-corrected chi connectivity index (χ2v) is 24.6. The second-order valence-electron chi connectivity index (χ2n) is 24.6. The van der Waals surface area contributed by atoms with Gasteiger partial charge < -0.3 is 49.8 Å². The molecule has 0 bridgehead atoms. The third-order valence-electron chi connectivity index (χ3n) is 20.1. The van der Waals surface area contributed by atoms with Crippen LogP contribution in [0.25, 0.3) is 28.0 Å². The molecular formula is C72H77NO11. The van der Waals surface area contributed by atoms with Crippen LogP contribution in [0.3, 0.4) is 0 Å². The predicted octanol–water partition coefficient (Wildman–Crippen LogP) is 12.4. The van der Waals surface area contributed by atoms with Gasteiger partial charge in [0.25, 0.3) is 0 Å². The first-order valence-electron chi connectivity index (χ1n) is 30.0. The van der Waals surface area contributed by atoms with Gasteiger partial charge in [0.1, 0.15) is 18.0 Å². The van der Waals surface area contributed by atoms with E-state index < -0.39 is 53.1 Å². The number of allylic oxidation sites excluding steroid dienone is 1. The molecule has 0 radical (unpaired) electrons. The van der Waals surface area contributed by atoms with Crippen LogP contribution in [-0.2, 0) is 50.3 Å². The van der Waals surface area contributed by atoms with Crippen molar-refractivity contribution < 1.29 is 54.1 Å². The van der Waals surface area contributed by atoms with Crippen LogP contribution < -0.4 is 14.8 Å². The fraction of sp³-hybridized carbons (Fsp3) is 0.389. The third kappa shape index (κ3) is 10.4. The van der Waals surface area contributed by atoms with Crippen LogP contribution in [0.1, 0.15) is 115 Å². The first-order chi connectivity index (χ1) is 40.7. The largest absolute Gasteiger partial charge is 0.508 e. The minimum Gasteiger partial charge on any atom is -0.508 e. The molecule has 3 fully saturated rings. The van der Waals surface area contributed by atoms with Crippen molar-refractivity contribution in [3.8, 4) is 39.9 Å². The van der Waals surface area contributed by atoms with Crippen LogP contribution in [-0.4, -0.2) is 83.2 Å². The standard InChI is InChI=1S/C72H77NO11/c1-42(74)83-66-37-54(84-70(80)71(25-12-19-50(71)22-23-52(75)28-44-15-9-6-10-16-44)51-21-20-47-29-53(76)35-56(55(47)34-51)46-18-11-17-45(27-46)41-73-2)36-59-57-39-68(82-4)64(78)32-48(57)30-60-63(77)40-61-58-38-65(79)67(81-3)33-49(58)31-62(66)72(61,69(59)60)26-24-43-13-7-5-8-14-43/h5-11,13-18,20-21,24,26-27,29,32-35,38-39,50,52,54,59-63,66,69,73,75-79H,12,19,22-23,25,28,30-31,36-37,40-41H2,1-4H3. The summed E-state index contributed by atoms with van der Waals surface area (Å²) in [5.41, 5.74) is 7.29. The Morgan fingerprint density at radius 2 is 1.50 bits per heavy atom. The van der Waals surface area contributed by atoms with Gasteiger partial charge in [0.2, 0.25) is 0 Å². The summed E-state index contributed by atoms with van der Waals surface area (Å²) in [6, 6.07) is 45.4. The van der Waals surface area contributed by atoms with Crippen molar-refractivity contribution in [3.05, 3.63) is 190 Å². The Morgan fingerprint density at radius 3 is 2.26 bits per heavy atom. The van der Waals surface area contributed by atoms with E-state index in [0.717, 1.165) is 79.2 Å². The summed E-state index contributed by atoms with van der Waals surface area (Å²) in [5, 5.41) is 63.8. The average molecular weight is 1130 g/mol. The van der Waals surface area contributed by atoms with Crippen molar-refractivity contribution in [2.24, 2.45) is 29.1 Å². The number of carbonyl (C=O) groups excluding carboxylic acids is 2. The number of aliphatic hydroxyl groups excluding tert-OH is 2. The van der Waals surface area contributed by atoms with Gasteiger partial charge in [-0.1, -0.05) is 110 Å². The smallest absolute Gasteiger partial charge is 0.317 e. The normalized spacial score (nSPS) is 27.1. The molecule has 7 aromatic carbocycles. The number of phenols is 3. The van der Waals surface area contributed by atoms with E-state index in [2.05, 4.69) is 47.8 Å². The zero-order chi connectivity index (χ0) is 58.4. The molecule has 0 aromatic heterocycles. The molecule has 5 aliphatic carbocycles. The molecule has 0 aliphatic heterocycles. The van der Waals surface area contributed by atoms with Crippen molar-refractivity contribution >= 4 is 28.8 Å². The number of benzene rings is 7. The molecular weight excluding hydrogens is 1050 g/mol. The van der Waals surface area contributed by atoms with E-state index >= 15 is 4.79 Å². The average Bonchev–Trinajstić information content (AvgIpc) is 1.68. The zero-order valence-corrected chi connectivity index (χ0v) is 48.4. The number of aliphatic hydroxyl groups is 2. The minimum absolute atomic E-state index is 0.00188. The SMILES string of the molecule is CNCc1cccc(-c2cc(O)cc3ccc(C4(C(=O)OC5CC(OC(C)=O)C6Cc7cc(OC)c(O)cc7C7CC(O)C8Cc9cc(O)c(OC)cc9C(C5)C8C76C=Cc5ccccc5)CCCC4CCC(O)Cc4ccccc4)cc23)c1. The quantitative estimate of drug-likeness (QED) is 0.0504. The van der Waals surface area contributed by atoms with Gasteiger partial charge in [0, 0.05) is 31.2 Å². The number of esters is 2. The molecule has 12 atom stereocenters. The monoisotopic (exact) mass is 1130 g/mol. The highest BCUT2D eigenvalue weighted by Crippen LogP contribution is 2.70. The molecule has 12 rings (SSSR count). The van der Waals surface area contributed by atoms with Crippen molar-refractivity contribution in [1.29, 1.82) is 0 Å². The van der Waals surface area contributed by atoms with E-state index in [1.165, 1.54) is 21.1 Å². The van der Waals surface area contributed by atoms with Crippen molar-refractivity contribution in [1.82, 2.24) is 5.32 Å². The summed E-state index contributed by atoms with van der Waals surface area (Å²) < 4.78 is 25.7. The van der Waals surface area contributed by atoms with Crippen molar-refractivity contribution in [2.45, 2.75) is 126 Å². The summed E-state index contributed by atoms with van der Waals surface area (Å²) in [4.78, 5) is 30.5. The van der Waals surface area contributed by atoms with Gasteiger partial charge in [-0.15, -0.1) is 0 Å². The molecule has 12 unspecified atom stereocenters. The van der Waals surface area contributed by atoms with Gasteiger partial charge in [-0.3, -0.25) is 9.59 Å². The lowest BCUT2D eigenvalue weighted by atomic mass is 9.40. The van der Waals surface area contributed by atoms with Crippen LogP contribution in [0, 0.1) is 29.1 Å². The van der Waals surface area contributed by atoms with Gasteiger partial charge in [-0.2, -0.15) is 0 Å². The second kappa shape index (κ2) is 23.4. The van der Waals surface area contributed by atoms with E-state index in [0.29, 0.717) is 69.4 Å². The number of ether oxygens (including phenoxy) is 4. The number of rotatable bonds is 16. The number of nitrogens with one attached hydrogen (secondary N) is 1. The molecule has 5 aliphatic rings. The van der Waals surface area contributed by atoms with Crippen LogP contribution in [0.4, 0.5) is 0 Å². The summed E-state index contributed by atoms with van der Waals surface area (Å²) in [7, 11) is 4.98. The summed E-state index contributed by atoms with van der Waals surface area (Å²) in [6.45, 7) is 2.09. The molecule has 0 heterocycles. The van der Waals surface area contributed by atoms with Gasteiger partial charge in [-0.25, -0.2) is 0 Å². The zero-order valence-electron chi connectivity index (χ0n) is 48.4. The van der Waals surface area contributed by atoms with Crippen molar-refractivity contribution in [2.75, 3.05) is 21.3 Å². The van der Waals surface area contributed by atoms with Crippen LogP contribution in [0.15, 0.2) is 146 Å². The number of methoxy groups -OCH3 is 2. The lowest BCUT2D eigenvalue weighted by Crippen LogP contribution is -2.62. The summed E-state index contributed by atoms with van der Waals surface area (Å²) >= 11 is 0. The number of carbonyl (C=O) groups is 2. The van der Waals surface area contributed by atoms with Crippen LogP contribution in [0.2, 0.25) is 0 Å². The Bertz CT molecular complexity index is 3600. The Kier molecular flexibility index (Phi) is 15.8. The molecule has 7 aromatic rings. The highest BCUT2D eigenvalue weighted by Gasteiger charge is 2.66. The van der Waals surface area contributed by atoms with Crippen LogP contribution in [0.5, 0.6) is 28.7 Å². The minimum atomic E-state index is -1.18. The Morgan fingerprint density at radius 1 is 0.762 bits per heavy atom. The first-order valence-corrected chi connectivity index (χ1v) is 30.0. The molecule has 12 heteroatoms. The first kappa shape index (κ1) is 56.8. The maximum atomic E-state index is 16.6. The summed E-state index contributed by atoms with van der Waals surface area (Å²) in [6.07, 6.45) is 6.49. The molecule has 436 valence electrons. The molecule has 12 nitrogen and oxygen atoms in total. The molecule has 0 amide bonds. The predicted molar refractivity (Wildman–Crippen MR) is 324 cm³/mol. The highest BCUT2D eigenvalue weighted by molar-refractivity contribution is 5.99. The maximum Gasteiger partial charge on any atom is 0.317 e. The Hall–Kier alpha value is -7.64. The topological polar surface area (TPSA) is 184 Å². The van der Waals surface area contributed by atoms with Gasteiger partial charge in [0.15, 0.2) is 23.0 Å². The number of fused-ring (bicyclic) bond motifs is 5. The number of hydrogen-bond acceptors (Lipinski definition) is 12. The third-order valence-corrected chi connectivity index (χ3v) is 20.1. The van der Waals surface area contributed by atoms with E-state index in [1.807, 2.05) is 92.0 Å². The van der Waals surface area contributed by atoms with Gasteiger partial charge in [-0.05, 0) is 209 Å². The van der Waals surface area contributed by atoms with E-state index in [-0.39, 0.29) is 53.3 Å². The molecule has 0 spiro atoms. The van der Waals surface area contributed by atoms with Gasteiger partial charge >= 0.3 is 11.9 Å². The van der Waals surface area contributed by atoms with E-state index in [4.69, 9.17) is 18.9 Å². The highest BCUT2D eigenvalue weighted by atomic mass is 16.6.